The molecule has 0 aliphatic carbocycles. The Bertz CT molecular complexity index is 455. The van der Waals surface area contributed by atoms with E-state index in [9.17, 15) is 0 Å². The van der Waals surface area contributed by atoms with Gasteiger partial charge in [-0.25, -0.2) is 0 Å². The third-order valence-corrected chi connectivity index (χ3v) is 5.35. The Morgan fingerprint density at radius 2 is 2.00 bits per heavy atom. The molecule has 1 saturated heterocycles. The van der Waals surface area contributed by atoms with E-state index in [1.54, 1.807) is 0 Å². The van der Waals surface area contributed by atoms with Gasteiger partial charge in [0.05, 0.1) is 10.7 Å². The molecule has 1 aromatic carbocycles. The van der Waals surface area contributed by atoms with Crippen molar-refractivity contribution in [2.45, 2.75) is 53.0 Å². The van der Waals surface area contributed by atoms with Gasteiger partial charge < -0.3 is 10.2 Å². The van der Waals surface area contributed by atoms with Crippen molar-refractivity contribution in [1.29, 1.82) is 0 Å². The second-order valence-electron chi connectivity index (χ2n) is 6.34. The van der Waals surface area contributed by atoms with E-state index in [0.717, 1.165) is 37.6 Å². The lowest BCUT2D eigenvalue weighted by Gasteiger charge is -2.27. The van der Waals surface area contributed by atoms with Crippen LogP contribution in [0.25, 0.3) is 0 Å². The van der Waals surface area contributed by atoms with Crippen LogP contribution in [-0.2, 0) is 6.54 Å². The predicted octanol–water partition coefficient (Wildman–Crippen LogP) is 4.86. The second kappa shape index (κ2) is 7.51. The van der Waals surface area contributed by atoms with E-state index in [1.807, 2.05) is 0 Å². The molecule has 2 rings (SSSR count). The van der Waals surface area contributed by atoms with Gasteiger partial charge in [0.2, 0.25) is 0 Å². The molecule has 0 amide bonds. The minimum atomic E-state index is 0.491. The van der Waals surface area contributed by atoms with Gasteiger partial charge in [0.25, 0.3) is 0 Å². The van der Waals surface area contributed by atoms with Gasteiger partial charge in [-0.2, -0.15) is 0 Å². The monoisotopic (exact) mass is 308 g/mol. The maximum Gasteiger partial charge on any atom is 0.0642 e. The van der Waals surface area contributed by atoms with E-state index in [4.69, 9.17) is 11.6 Å². The van der Waals surface area contributed by atoms with Crippen LogP contribution in [0.1, 0.15) is 52.0 Å². The highest BCUT2D eigenvalue weighted by atomic mass is 35.5. The molecule has 118 valence electrons. The maximum absolute atomic E-state index is 6.53. The smallest absolute Gasteiger partial charge is 0.0642 e. The Morgan fingerprint density at radius 3 is 2.57 bits per heavy atom. The summed E-state index contributed by atoms with van der Waals surface area (Å²) in [5.74, 6) is 0. The first-order valence-corrected chi connectivity index (χ1v) is 8.76. The van der Waals surface area contributed by atoms with E-state index in [2.05, 4.69) is 49.2 Å². The summed E-state index contributed by atoms with van der Waals surface area (Å²) in [6.07, 6.45) is 4.97. The molecule has 1 fully saturated rings. The Morgan fingerprint density at radius 1 is 1.24 bits per heavy atom. The number of hydrogen-bond donors (Lipinski definition) is 1. The largest absolute Gasteiger partial charge is 0.370 e. The summed E-state index contributed by atoms with van der Waals surface area (Å²) in [5.41, 5.74) is 2.97. The first-order valence-electron chi connectivity index (χ1n) is 8.38. The van der Waals surface area contributed by atoms with Crippen LogP contribution >= 0.6 is 11.6 Å². The van der Waals surface area contributed by atoms with Crippen molar-refractivity contribution in [2.24, 2.45) is 5.41 Å². The number of nitrogens with zero attached hydrogens (tertiary/aromatic N) is 1. The summed E-state index contributed by atoms with van der Waals surface area (Å²) < 4.78 is 0. The second-order valence-corrected chi connectivity index (χ2v) is 6.75. The van der Waals surface area contributed by atoms with Crippen molar-refractivity contribution in [3.05, 3.63) is 28.8 Å². The van der Waals surface area contributed by atoms with E-state index in [0.29, 0.717) is 5.41 Å². The molecule has 0 spiro atoms. The fraction of sp³-hybridized carbons (Fsp3) is 0.667. The third kappa shape index (κ3) is 3.92. The summed E-state index contributed by atoms with van der Waals surface area (Å²) in [6, 6.07) is 6.53. The molecule has 1 aliphatic rings. The standard InChI is InChI=1S/C18H29ClN2/c1-4-10-20-13-15-7-8-17(16(19)12-15)21-11-9-18(5-2,6-3)14-21/h7-8,12,20H,4-6,9-11,13-14H2,1-3H3. The molecule has 0 saturated carbocycles. The number of halogens is 1. The lowest BCUT2D eigenvalue weighted by Crippen LogP contribution is -2.26. The zero-order chi connectivity index (χ0) is 15.3. The highest BCUT2D eigenvalue weighted by Gasteiger charge is 2.35. The molecule has 1 N–H and O–H groups in total. The Hall–Kier alpha value is -0.730. The summed E-state index contributed by atoms with van der Waals surface area (Å²) in [5, 5.41) is 4.32. The molecule has 0 unspecified atom stereocenters. The van der Waals surface area contributed by atoms with Gasteiger partial charge in [-0.3, -0.25) is 0 Å². The number of rotatable bonds is 7. The summed E-state index contributed by atoms with van der Waals surface area (Å²) in [7, 11) is 0. The van der Waals surface area contributed by atoms with Crippen molar-refractivity contribution >= 4 is 17.3 Å². The molecule has 3 heteroatoms. The van der Waals surface area contributed by atoms with Gasteiger partial charge in [-0.05, 0) is 55.3 Å². The quantitative estimate of drug-likeness (QED) is 0.724. The highest BCUT2D eigenvalue weighted by Crippen LogP contribution is 2.40. The van der Waals surface area contributed by atoms with Crippen LogP contribution in [0.5, 0.6) is 0 Å². The van der Waals surface area contributed by atoms with Gasteiger partial charge in [0.1, 0.15) is 0 Å². The van der Waals surface area contributed by atoms with E-state index >= 15 is 0 Å². The number of nitrogens with one attached hydrogen (secondary N) is 1. The predicted molar refractivity (Wildman–Crippen MR) is 93.3 cm³/mol. The Labute approximate surface area is 134 Å². The molecule has 0 atom stereocenters. The van der Waals surface area contributed by atoms with Crippen LogP contribution < -0.4 is 10.2 Å². The van der Waals surface area contributed by atoms with E-state index in [1.165, 1.54) is 30.5 Å². The summed E-state index contributed by atoms with van der Waals surface area (Å²) in [4.78, 5) is 2.47. The Balaban J connectivity index is 2.04. The van der Waals surface area contributed by atoms with Crippen molar-refractivity contribution in [3.63, 3.8) is 0 Å². The Kier molecular flexibility index (Phi) is 5.95. The van der Waals surface area contributed by atoms with Crippen LogP contribution in [0.2, 0.25) is 5.02 Å². The SMILES string of the molecule is CCCNCc1ccc(N2CCC(CC)(CC)C2)c(Cl)c1. The number of anilines is 1. The first kappa shape index (κ1) is 16.6. The van der Waals surface area contributed by atoms with Gasteiger partial charge >= 0.3 is 0 Å². The molecule has 1 aliphatic heterocycles. The molecular formula is C18H29ClN2. The average Bonchev–Trinajstić information content (AvgIpc) is 2.93. The van der Waals surface area contributed by atoms with Crippen molar-refractivity contribution in [2.75, 3.05) is 24.5 Å². The van der Waals surface area contributed by atoms with Crippen molar-refractivity contribution in [3.8, 4) is 0 Å². The molecule has 0 bridgehead atoms. The highest BCUT2D eigenvalue weighted by molar-refractivity contribution is 6.33. The first-order chi connectivity index (χ1) is 10.1. The molecule has 0 radical (unpaired) electrons. The number of benzene rings is 1. The molecule has 2 nitrogen and oxygen atoms in total. The zero-order valence-electron chi connectivity index (χ0n) is 13.7. The third-order valence-electron chi connectivity index (χ3n) is 5.05. The minimum Gasteiger partial charge on any atom is -0.370 e. The lowest BCUT2D eigenvalue weighted by molar-refractivity contribution is 0.301. The van der Waals surface area contributed by atoms with Gasteiger partial charge in [-0.1, -0.05) is 38.4 Å². The molecule has 1 aromatic rings. The molecule has 21 heavy (non-hydrogen) atoms. The summed E-state index contributed by atoms with van der Waals surface area (Å²) in [6.45, 7) is 11.1. The lowest BCUT2D eigenvalue weighted by atomic mass is 9.82. The minimum absolute atomic E-state index is 0.491. The number of hydrogen-bond acceptors (Lipinski definition) is 2. The normalized spacial score (nSPS) is 17.4. The van der Waals surface area contributed by atoms with Gasteiger partial charge in [0, 0.05) is 19.6 Å². The topological polar surface area (TPSA) is 15.3 Å². The fourth-order valence-corrected chi connectivity index (χ4v) is 3.62. The molecule has 0 aromatic heterocycles. The molecule has 1 heterocycles. The van der Waals surface area contributed by atoms with Crippen molar-refractivity contribution in [1.82, 2.24) is 5.32 Å². The van der Waals surface area contributed by atoms with Crippen LogP contribution in [0.4, 0.5) is 5.69 Å². The summed E-state index contributed by atoms with van der Waals surface area (Å²) >= 11 is 6.53. The maximum atomic E-state index is 6.53. The van der Waals surface area contributed by atoms with Crippen molar-refractivity contribution < 1.29 is 0 Å². The van der Waals surface area contributed by atoms with Gasteiger partial charge in [0.15, 0.2) is 0 Å². The zero-order valence-corrected chi connectivity index (χ0v) is 14.5. The van der Waals surface area contributed by atoms with Crippen LogP contribution in [0.15, 0.2) is 18.2 Å². The molecular weight excluding hydrogens is 280 g/mol. The van der Waals surface area contributed by atoms with E-state index < -0.39 is 0 Å². The van der Waals surface area contributed by atoms with Crippen LogP contribution in [0, 0.1) is 5.41 Å². The van der Waals surface area contributed by atoms with Gasteiger partial charge in [-0.15, -0.1) is 0 Å². The van der Waals surface area contributed by atoms with E-state index in [-0.39, 0.29) is 0 Å². The fourth-order valence-electron chi connectivity index (χ4n) is 3.29. The van der Waals surface area contributed by atoms with Crippen LogP contribution in [-0.4, -0.2) is 19.6 Å². The van der Waals surface area contributed by atoms with Crippen LogP contribution in [0.3, 0.4) is 0 Å². The average molecular weight is 309 g/mol.